The summed E-state index contributed by atoms with van der Waals surface area (Å²) >= 11 is 10.7. The summed E-state index contributed by atoms with van der Waals surface area (Å²) in [6.45, 7) is 3.05. The van der Waals surface area contributed by atoms with Crippen LogP contribution in [0, 0.1) is 0 Å². The van der Waals surface area contributed by atoms with Crippen LogP contribution in [0.4, 0.5) is 0 Å². The Labute approximate surface area is 140 Å². The van der Waals surface area contributed by atoms with Crippen LogP contribution in [0.5, 0.6) is 0 Å². The zero-order valence-electron chi connectivity index (χ0n) is 10.9. The van der Waals surface area contributed by atoms with Gasteiger partial charge < -0.3 is 10.2 Å². The number of carboxylic acid groups (broad SMARTS) is 2. The minimum absolute atomic E-state index is 0. The molecule has 13 heteroatoms. The van der Waals surface area contributed by atoms with Gasteiger partial charge in [-0.05, 0) is 13.8 Å². The molecule has 21 heavy (non-hydrogen) atoms. The number of carbonyl (C=O) groups is 2. The Hall–Kier alpha value is -1.32. The normalized spacial score (nSPS) is 29.0. The van der Waals surface area contributed by atoms with E-state index in [1.807, 2.05) is 0 Å². The summed E-state index contributed by atoms with van der Waals surface area (Å²) in [5.74, 6) is -2.07. The molecule has 110 valence electrons. The van der Waals surface area contributed by atoms with Crippen molar-refractivity contribution in [2.24, 2.45) is 30.4 Å². The summed E-state index contributed by atoms with van der Waals surface area (Å²) in [4.78, 5) is 27.5. The van der Waals surface area contributed by atoms with E-state index in [0.717, 1.165) is 0 Å². The van der Waals surface area contributed by atoms with Gasteiger partial charge >= 0.3 is 22.2 Å². The Morgan fingerprint density at radius 2 is 1.19 bits per heavy atom. The Bertz CT molecular complexity index is 529. The van der Waals surface area contributed by atoms with Gasteiger partial charge in [-0.15, -0.1) is 20.5 Å². The smallest absolute Gasteiger partial charge is 0.372 e. The van der Waals surface area contributed by atoms with Gasteiger partial charge in [-0.3, -0.25) is 0 Å². The first kappa shape index (κ1) is 19.7. The number of alkyl halides is 2. The quantitative estimate of drug-likeness (QED) is 0.420. The predicted octanol–water partition coefficient (Wildman–Crippen LogP) is 1.69. The summed E-state index contributed by atoms with van der Waals surface area (Å²) in [6, 6.07) is 0. The molecular formula is C8H8Cl2N6O4Zn. The van der Waals surface area contributed by atoms with Crippen molar-refractivity contribution in [3.05, 3.63) is 0 Å². The Morgan fingerprint density at radius 1 is 0.905 bits per heavy atom. The van der Waals surface area contributed by atoms with Crippen LogP contribution >= 0.6 is 23.2 Å². The molecule has 0 spiro atoms. The fourth-order valence-electron chi connectivity index (χ4n) is 0.977. The van der Waals surface area contributed by atoms with E-state index in [-0.39, 0.29) is 31.1 Å². The Morgan fingerprint density at radius 3 is 1.29 bits per heavy atom. The zero-order valence-corrected chi connectivity index (χ0v) is 15.3. The molecular weight excluding hydrogens is 380 g/mol. The molecule has 2 aliphatic rings. The second-order valence-electron chi connectivity index (χ2n) is 3.50. The molecule has 2 heterocycles. The maximum absolute atomic E-state index is 10.3. The van der Waals surface area contributed by atoms with Crippen molar-refractivity contribution in [1.82, 2.24) is 0 Å². The molecule has 0 bridgehead atoms. The zero-order chi connectivity index (χ0) is 15.6. The number of azo groups is 2. The van der Waals surface area contributed by atoms with Gasteiger partial charge in [0.15, 0.2) is 0 Å². The van der Waals surface area contributed by atoms with Gasteiger partial charge in [0.2, 0.25) is 0 Å². The van der Waals surface area contributed by atoms with E-state index in [1.54, 1.807) is 0 Å². The molecule has 0 amide bonds. The van der Waals surface area contributed by atoms with E-state index in [2.05, 4.69) is 30.4 Å². The maximum atomic E-state index is 10.3. The minimum atomic E-state index is -1.90. The number of aliphatic imine (C=N–C) groups is 2. The summed E-state index contributed by atoms with van der Waals surface area (Å²) in [5, 5.41) is 26.2. The summed E-state index contributed by atoms with van der Waals surface area (Å²) in [6.07, 6.45) is 0. The fourth-order valence-corrected chi connectivity index (χ4v) is 1.30. The molecule has 2 aliphatic heterocycles. The average Bonchev–Trinajstić information content (AvgIpc) is 2.85. The first-order chi connectivity index (χ1) is 9.09. The number of hydrogen-bond donors (Lipinski definition) is 2. The molecule has 2 rings (SSSR count). The number of rotatable bonds is 2. The molecule has 2 N–H and O–H groups in total. The van der Waals surface area contributed by atoms with Crippen LogP contribution in [0.2, 0.25) is 0 Å². The van der Waals surface area contributed by atoms with Gasteiger partial charge in [-0.2, -0.15) is 0 Å². The summed E-state index contributed by atoms with van der Waals surface area (Å²) < 4.78 is 0. The molecule has 0 saturated heterocycles. The van der Waals surface area contributed by atoms with E-state index < -0.39 is 22.2 Å². The van der Waals surface area contributed by atoms with Gasteiger partial charge in [0.05, 0.1) is 0 Å². The monoisotopic (exact) mass is 386 g/mol. The van der Waals surface area contributed by atoms with Crippen molar-refractivity contribution < 1.29 is 39.3 Å². The van der Waals surface area contributed by atoms with E-state index in [9.17, 15) is 9.59 Å². The molecule has 0 aromatic carbocycles. The molecule has 2 unspecified atom stereocenters. The van der Waals surface area contributed by atoms with E-state index >= 15 is 0 Å². The number of aliphatic carboxylic acids is 2. The van der Waals surface area contributed by atoms with Crippen molar-refractivity contribution in [1.29, 1.82) is 0 Å². The topological polar surface area (TPSA) is 149 Å². The number of carboxylic acids is 2. The molecule has 0 aromatic heterocycles. The Kier molecular flexibility index (Phi) is 6.66. The number of hydrogen-bond acceptors (Lipinski definition) is 8. The minimum Gasteiger partial charge on any atom is -0.477 e. The second kappa shape index (κ2) is 7.10. The SMILES string of the molecule is CC1=NC(Cl)(C(=O)O)N=N1.CC1=NC(Cl)(C(=O)O)N=N1.[Zn]. The van der Waals surface area contributed by atoms with Gasteiger partial charge in [0.25, 0.3) is 0 Å². The van der Waals surface area contributed by atoms with Gasteiger partial charge in [0, 0.05) is 19.5 Å². The van der Waals surface area contributed by atoms with Crippen LogP contribution < -0.4 is 0 Å². The third-order valence-corrected chi connectivity index (χ3v) is 2.46. The second-order valence-corrected chi connectivity index (χ2v) is 4.56. The molecule has 0 fully saturated rings. The fraction of sp³-hybridized carbons (Fsp3) is 0.500. The molecule has 10 nitrogen and oxygen atoms in total. The third kappa shape index (κ3) is 4.87. The molecule has 0 radical (unpaired) electrons. The molecule has 0 aromatic rings. The van der Waals surface area contributed by atoms with Gasteiger partial charge in [-0.1, -0.05) is 23.2 Å². The molecule has 2 atom stereocenters. The first-order valence-electron chi connectivity index (χ1n) is 4.92. The summed E-state index contributed by atoms with van der Waals surface area (Å²) in [5.41, 5.74) is 0. The molecule has 0 saturated carbocycles. The van der Waals surface area contributed by atoms with Crippen LogP contribution in [-0.4, -0.2) is 44.1 Å². The van der Waals surface area contributed by atoms with Gasteiger partial charge in [-0.25, -0.2) is 19.6 Å². The van der Waals surface area contributed by atoms with E-state index in [0.29, 0.717) is 0 Å². The number of amidine groups is 2. The number of halogens is 2. The van der Waals surface area contributed by atoms with Crippen molar-refractivity contribution in [2.45, 2.75) is 24.1 Å². The molecule has 0 aliphatic carbocycles. The van der Waals surface area contributed by atoms with Crippen molar-refractivity contribution >= 4 is 46.8 Å². The van der Waals surface area contributed by atoms with E-state index in [1.165, 1.54) is 13.8 Å². The van der Waals surface area contributed by atoms with Crippen molar-refractivity contribution in [3.8, 4) is 0 Å². The van der Waals surface area contributed by atoms with Crippen LogP contribution in [0.15, 0.2) is 30.4 Å². The average molecular weight is 388 g/mol. The third-order valence-electron chi connectivity index (χ3n) is 1.82. The summed E-state index contributed by atoms with van der Waals surface area (Å²) in [7, 11) is 0. The van der Waals surface area contributed by atoms with E-state index in [4.69, 9.17) is 33.4 Å². The Balaban J connectivity index is 0.000000364. The van der Waals surface area contributed by atoms with Crippen LogP contribution in [-0.2, 0) is 29.1 Å². The van der Waals surface area contributed by atoms with Crippen molar-refractivity contribution in [2.75, 3.05) is 0 Å². The van der Waals surface area contributed by atoms with Crippen LogP contribution in [0.3, 0.4) is 0 Å². The largest absolute Gasteiger partial charge is 0.477 e. The van der Waals surface area contributed by atoms with Crippen molar-refractivity contribution in [3.63, 3.8) is 0 Å². The predicted molar refractivity (Wildman–Crippen MR) is 68.4 cm³/mol. The first-order valence-corrected chi connectivity index (χ1v) is 5.68. The van der Waals surface area contributed by atoms with Crippen LogP contribution in [0.25, 0.3) is 0 Å². The maximum Gasteiger partial charge on any atom is 0.372 e. The number of nitrogens with zero attached hydrogens (tertiary/aromatic N) is 6. The standard InChI is InChI=1S/2C4H4ClN3O2.Zn/c2*1-2-6-4(5,3(9)10)8-7-2;/h2*1H3,(H,9,10);. The van der Waals surface area contributed by atoms with Gasteiger partial charge in [0.1, 0.15) is 11.7 Å². The van der Waals surface area contributed by atoms with Crippen LogP contribution in [0.1, 0.15) is 13.8 Å².